The van der Waals surface area contributed by atoms with E-state index in [2.05, 4.69) is 0 Å². The molecule has 14 heteroatoms. The van der Waals surface area contributed by atoms with Crippen LogP contribution in [0.4, 0.5) is 0 Å². The van der Waals surface area contributed by atoms with Crippen LogP contribution in [0, 0.1) is 0 Å². The maximum Gasteiger partial charge on any atom is 0.338 e. The number of aromatic hydroxyl groups is 5. The van der Waals surface area contributed by atoms with Crippen LogP contribution >= 0.6 is 0 Å². The number of carbonyl (C=O) groups excluding carboxylic acids is 2. The Morgan fingerprint density at radius 1 is 0.786 bits per heavy atom. The molecule has 222 valence electrons. The number of phenolic OH excluding ortho intramolecular Hbond substituents is 5. The molecule has 1 fully saturated rings. The lowest BCUT2D eigenvalue weighted by Crippen LogP contribution is -2.60. The molecule has 8 N–H and O–H groups in total. The zero-order chi connectivity index (χ0) is 30.3. The van der Waals surface area contributed by atoms with Crippen molar-refractivity contribution in [3.8, 4) is 34.5 Å². The van der Waals surface area contributed by atoms with E-state index < -0.39 is 84.3 Å². The van der Waals surface area contributed by atoms with Gasteiger partial charge < -0.3 is 59.8 Å². The zero-order valence-electron chi connectivity index (χ0n) is 21.5. The van der Waals surface area contributed by atoms with Gasteiger partial charge in [0.05, 0.1) is 5.56 Å². The van der Waals surface area contributed by atoms with E-state index in [9.17, 15) is 50.4 Å². The Kier molecular flexibility index (Phi) is 7.81. The third-order valence-corrected chi connectivity index (χ3v) is 6.86. The topological polar surface area (TPSA) is 233 Å². The van der Waals surface area contributed by atoms with Gasteiger partial charge in [-0.2, -0.15) is 0 Å². The fourth-order valence-electron chi connectivity index (χ4n) is 4.65. The molecule has 0 aromatic heterocycles. The Labute approximate surface area is 236 Å². The van der Waals surface area contributed by atoms with Gasteiger partial charge in [-0.05, 0) is 42.0 Å². The van der Waals surface area contributed by atoms with Gasteiger partial charge in [-0.15, -0.1) is 0 Å². The minimum absolute atomic E-state index is 0.0703. The minimum atomic E-state index is -1.92. The summed E-state index contributed by atoms with van der Waals surface area (Å²) in [5, 5.41) is 81.1. The Morgan fingerprint density at radius 2 is 1.50 bits per heavy atom. The molecule has 2 aliphatic rings. The van der Waals surface area contributed by atoms with E-state index in [1.165, 1.54) is 30.3 Å². The summed E-state index contributed by atoms with van der Waals surface area (Å²) >= 11 is 0. The van der Waals surface area contributed by atoms with Gasteiger partial charge in [-0.3, -0.25) is 4.79 Å². The van der Waals surface area contributed by atoms with Crippen molar-refractivity contribution in [2.24, 2.45) is 0 Å². The van der Waals surface area contributed by atoms with Crippen LogP contribution in [0.3, 0.4) is 0 Å². The summed E-state index contributed by atoms with van der Waals surface area (Å²) in [6, 6.07) is 10.6. The fourth-order valence-corrected chi connectivity index (χ4v) is 4.65. The molecule has 42 heavy (non-hydrogen) atoms. The summed E-state index contributed by atoms with van der Waals surface area (Å²) < 4.78 is 22.4. The molecule has 0 bridgehead atoms. The molecule has 7 atom stereocenters. The van der Waals surface area contributed by atoms with Crippen molar-refractivity contribution in [1.82, 2.24) is 0 Å². The lowest BCUT2D eigenvalue weighted by Gasteiger charge is -2.42. The number of aliphatic hydroxyl groups excluding tert-OH is 3. The highest BCUT2D eigenvalue weighted by molar-refractivity contribution is 6.05. The second kappa shape index (κ2) is 11.3. The van der Waals surface area contributed by atoms with Gasteiger partial charge in [0, 0.05) is 12.1 Å². The molecule has 3 aromatic carbocycles. The number of rotatable bonds is 6. The molecule has 0 saturated carbocycles. The standard InChI is InChI=1S/C28H26O14/c29-13-4-1-11(2-5-13)27(38)39-10-19-21(34)23(36)24(37)28(41-19)42-26-22(35)20-17(33)8-14(30)9-18(20)40-25(26)12-3-6-15(31)16(32)7-12/h1-9,19,21,23-26,28-34,36-37H,10H2/t19?,21-,23?,24+,25?,26?,28-/m1/s1. The van der Waals surface area contributed by atoms with Gasteiger partial charge in [-0.1, -0.05) is 6.07 Å². The molecule has 0 radical (unpaired) electrons. The monoisotopic (exact) mass is 586 g/mol. The van der Waals surface area contributed by atoms with Crippen LogP contribution in [0.15, 0.2) is 54.6 Å². The van der Waals surface area contributed by atoms with Crippen molar-refractivity contribution >= 4 is 11.8 Å². The number of Topliss-reactive ketones (excluding diaryl/α,β-unsaturated/α-hetero) is 1. The molecular weight excluding hydrogens is 560 g/mol. The highest BCUT2D eigenvalue weighted by Crippen LogP contribution is 2.44. The maximum atomic E-state index is 13.6. The summed E-state index contributed by atoms with van der Waals surface area (Å²) in [6.45, 7) is -0.613. The van der Waals surface area contributed by atoms with E-state index in [1.807, 2.05) is 0 Å². The molecule has 0 amide bonds. The lowest BCUT2D eigenvalue weighted by molar-refractivity contribution is -0.311. The van der Waals surface area contributed by atoms with Crippen molar-refractivity contribution < 1.29 is 69.4 Å². The molecule has 2 aliphatic heterocycles. The second-order valence-corrected chi connectivity index (χ2v) is 9.71. The van der Waals surface area contributed by atoms with E-state index in [0.29, 0.717) is 0 Å². The number of carbonyl (C=O) groups is 2. The number of phenols is 5. The third kappa shape index (κ3) is 5.48. The van der Waals surface area contributed by atoms with E-state index in [1.54, 1.807) is 0 Å². The zero-order valence-corrected chi connectivity index (χ0v) is 21.5. The SMILES string of the molecule is O=C(OCC1O[C@H](OC2C(=O)c3c(O)cc(O)cc3OC2c2ccc(O)c(O)c2)[C@@H](O)C(O)[C@@H]1O)c1ccc(O)cc1. The number of aliphatic hydroxyl groups is 3. The number of fused-ring (bicyclic) bond motifs is 1. The van der Waals surface area contributed by atoms with Crippen molar-refractivity contribution in [3.63, 3.8) is 0 Å². The van der Waals surface area contributed by atoms with Crippen LogP contribution in [-0.2, 0) is 14.2 Å². The summed E-state index contributed by atoms with van der Waals surface area (Å²) in [7, 11) is 0. The quantitative estimate of drug-likeness (QED) is 0.146. The Bertz CT molecular complexity index is 1490. The fraction of sp³-hybridized carbons (Fsp3) is 0.286. The number of hydrogen-bond acceptors (Lipinski definition) is 14. The van der Waals surface area contributed by atoms with Crippen molar-refractivity contribution in [1.29, 1.82) is 0 Å². The average Bonchev–Trinajstić information content (AvgIpc) is 2.95. The smallest absolute Gasteiger partial charge is 0.338 e. The highest BCUT2D eigenvalue weighted by atomic mass is 16.7. The minimum Gasteiger partial charge on any atom is -0.508 e. The number of ether oxygens (including phenoxy) is 4. The maximum absolute atomic E-state index is 13.6. The Hall–Kier alpha value is -4.60. The van der Waals surface area contributed by atoms with Crippen LogP contribution in [0.1, 0.15) is 32.4 Å². The van der Waals surface area contributed by atoms with Crippen molar-refractivity contribution in [3.05, 3.63) is 71.3 Å². The Balaban J connectivity index is 1.41. The average molecular weight is 587 g/mol. The first-order valence-electron chi connectivity index (χ1n) is 12.5. The predicted octanol–water partition coefficient (Wildman–Crippen LogP) is 0.581. The van der Waals surface area contributed by atoms with E-state index in [0.717, 1.165) is 24.3 Å². The molecule has 1 saturated heterocycles. The predicted molar refractivity (Wildman–Crippen MR) is 137 cm³/mol. The first-order chi connectivity index (χ1) is 19.9. The van der Waals surface area contributed by atoms with E-state index in [-0.39, 0.29) is 28.2 Å². The van der Waals surface area contributed by atoms with Gasteiger partial charge >= 0.3 is 5.97 Å². The molecule has 3 aromatic rings. The largest absolute Gasteiger partial charge is 0.508 e. The lowest BCUT2D eigenvalue weighted by atomic mass is 9.92. The van der Waals surface area contributed by atoms with Crippen LogP contribution in [0.5, 0.6) is 34.5 Å². The molecule has 4 unspecified atom stereocenters. The number of hydrogen-bond donors (Lipinski definition) is 8. The van der Waals surface area contributed by atoms with Crippen molar-refractivity contribution in [2.75, 3.05) is 6.61 Å². The summed E-state index contributed by atoms with van der Waals surface area (Å²) in [5.74, 6) is -4.13. The van der Waals surface area contributed by atoms with Gasteiger partial charge in [0.25, 0.3) is 0 Å². The summed E-state index contributed by atoms with van der Waals surface area (Å²) in [6.07, 6.45) is -11.9. The molecule has 0 spiro atoms. The molecular formula is C28H26O14. The number of esters is 1. The molecule has 5 rings (SSSR count). The summed E-state index contributed by atoms with van der Waals surface area (Å²) in [4.78, 5) is 26.0. The van der Waals surface area contributed by atoms with Crippen LogP contribution < -0.4 is 4.74 Å². The van der Waals surface area contributed by atoms with Gasteiger partial charge in [0.1, 0.15) is 59.6 Å². The molecule has 2 heterocycles. The van der Waals surface area contributed by atoms with Gasteiger partial charge in [-0.25, -0.2) is 4.79 Å². The van der Waals surface area contributed by atoms with Crippen LogP contribution in [0.25, 0.3) is 0 Å². The van der Waals surface area contributed by atoms with E-state index >= 15 is 0 Å². The second-order valence-electron chi connectivity index (χ2n) is 9.71. The number of ketones is 1. The van der Waals surface area contributed by atoms with Crippen LogP contribution in [-0.4, -0.2) is 96.0 Å². The number of benzene rings is 3. The van der Waals surface area contributed by atoms with Gasteiger partial charge in [0.15, 0.2) is 30.0 Å². The normalized spacial score (nSPS) is 27.1. The molecule has 14 nitrogen and oxygen atoms in total. The summed E-state index contributed by atoms with van der Waals surface area (Å²) in [5.41, 5.74) is -0.203. The van der Waals surface area contributed by atoms with E-state index in [4.69, 9.17) is 18.9 Å². The first kappa shape index (κ1) is 28.9. The Morgan fingerprint density at radius 3 is 2.19 bits per heavy atom. The third-order valence-electron chi connectivity index (χ3n) is 6.86. The van der Waals surface area contributed by atoms with Gasteiger partial charge in [0.2, 0.25) is 5.78 Å². The first-order valence-corrected chi connectivity index (χ1v) is 12.5. The van der Waals surface area contributed by atoms with Crippen LogP contribution in [0.2, 0.25) is 0 Å². The van der Waals surface area contributed by atoms with Crippen molar-refractivity contribution in [2.45, 2.75) is 42.9 Å². The molecule has 0 aliphatic carbocycles. The highest BCUT2D eigenvalue weighted by Gasteiger charge is 2.49.